The fourth-order valence-corrected chi connectivity index (χ4v) is 3.09. The topological polar surface area (TPSA) is 49.9 Å². The number of ether oxygens (including phenoxy) is 1. The Bertz CT molecular complexity index is 626. The van der Waals surface area contributed by atoms with Gasteiger partial charge in [-0.3, -0.25) is 9.59 Å². The number of nitrogens with zero attached hydrogens (tertiary/aromatic N) is 2. The van der Waals surface area contributed by atoms with Crippen molar-refractivity contribution in [1.82, 2.24) is 9.80 Å². The van der Waals surface area contributed by atoms with E-state index >= 15 is 0 Å². The van der Waals surface area contributed by atoms with Crippen LogP contribution in [0.15, 0.2) is 18.2 Å². The van der Waals surface area contributed by atoms with Gasteiger partial charge < -0.3 is 14.5 Å². The van der Waals surface area contributed by atoms with E-state index in [2.05, 4.69) is 20.8 Å². The summed E-state index contributed by atoms with van der Waals surface area (Å²) in [6, 6.07) is 5.88. The highest BCUT2D eigenvalue weighted by Gasteiger charge is 2.27. The average molecular weight is 346 g/mol. The number of benzene rings is 1. The molecule has 0 N–H and O–H groups in total. The molecule has 1 heterocycles. The predicted octanol–water partition coefficient (Wildman–Crippen LogP) is 2.65. The summed E-state index contributed by atoms with van der Waals surface area (Å²) in [6.45, 7) is 10.6. The molecule has 0 atom stereocenters. The molecule has 0 saturated carbocycles. The number of aryl methyl sites for hydroxylation is 1. The molecule has 0 spiro atoms. The number of rotatable bonds is 4. The molecule has 2 rings (SSSR count). The van der Waals surface area contributed by atoms with Crippen molar-refractivity contribution >= 4 is 11.8 Å². The zero-order valence-corrected chi connectivity index (χ0v) is 16.1. The molecule has 1 aromatic rings. The molecule has 25 heavy (non-hydrogen) atoms. The number of hydrogen-bond donors (Lipinski definition) is 0. The van der Waals surface area contributed by atoms with Gasteiger partial charge in [0, 0.05) is 38.2 Å². The second-order valence-electron chi connectivity index (χ2n) is 7.99. The van der Waals surface area contributed by atoms with Crippen molar-refractivity contribution in [2.24, 2.45) is 5.41 Å². The molecular weight excluding hydrogens is 316 g/mol. The van der Waals surface area contributed by atoms with E-state index in [1.54, 1.807) is 7.11 Å². The largest absolute Gasteiger partial charge is 0.496 e. The van der Waals surface area contributed by atoms with Crippen molar-refractivity contribution in [3.63, 3.8) is 0 Å². The first-order valence-corrected chi connectivity index (χ1v) is 8.88. The Morgan fingerprint density at radius 1 is 1.04 bits per heavy atom. The van der Waals surface area contributed by atoms with Crippen LogP contribution in [0, 0.1) is 12.3 Å². The minimum Gasteiger partial charge on any atom is -0.496 e. The van der Waals surface area contributed by atoms with E-state index in [4.69, 9.17) is 4.74 Å². The lowest BCUT2D eigenvalue weighted by atomic mass is 9.91. The minimum absolute atomic E-state index is 0.00817. The molecule has 5 heteroatoms. The third-order valence-corrected chi connectivity index (χ3v) is 4.44. The van der Waals surface area contributed by atoms with Crippen LogP contribution < -0.4 is 4.74 Å². The third kappa shape index (κ3) is 5.48. The summed E-state index contributed by atoms with van der Waals surface area (Å²) in [5.41, 5.74) is 2.02. The fraction of sp³-hybridized carbons (Fsp3) is 0.600. The van der Waals surface area contributed by atoms with Gasteiger partial charge in [-0.25, -0.2) is 0 Å². The highest BCUT2D eigenvalue weighted by Crippen LogP contribution is 2.22. The van der Waals surface area contributed by atoms with Crippen molar-refractivity contribution in [2.45, 2.75) is 40.5 Å². The lowest BCUT2D eigenvalue weighted by molar-refractivity contribution is -0.140. The van der Waals surface area contributed by atoms with Gasteiger partial charge in [0.05, 0.1) is 13.5 Å². The summed E-state index contributed by atoms with van der Waals surface area (Å²) in [4.78, 5) is 28.7. The zero-order chi connectivity index (χ0) is 18.6. The Balaban J connectivity index is 1.91. The summed E-state index contributed by atoms with van der Waals surface area (Å²) < 4.78 is 5.36. The predicted molar refractivity (Wildman–Crippen MR) is 98.7 cm³/mol. The van der Waals surface area contributed by atoms with Crippen LogP contribution in [0.4, 0.5) is 0 Å². The molecule has 2 amide bonds. The van der Waals surface area contributed by atoms with Gasteiger partial charge in [-0.05, 0) is 18.4 Å². The molecule has 1 aliphatic heterocycles. The van der Waals surface area contributed by atoms with Crippen molar-refractivity contribution in [3.05, 3.63) is 29.3 Å². The Morgan fingerprint density at radius 3 is 2.12 bits per heavy atom. The standard InChI is InChI=1S/C20H30N2O3/c1-15-6-7-17(25-5)16(12-15)13-18(23)21-8-10-22(11-9-21)19(24)14-20(2,3)4/h6-7,12H,8-11,13-14H2,1-5H3. The van der Waals surface area contributed by atoms with Crippen LogP contribution in [-0.2, 0) is 16.0 Å². The summed E-state index contributed by atoms with van der Waals surface area (Å²) in [7, 11) is 1.62. The van der Waals surface area contributed by atoms with Gasteiger partial charge >= 0.3 is 0 Å². The van der Waals surface area contributed by atoms with E-state index in [1.807, 2.05) is 34.9 Å². The third-order valence-electron chi connectivity index (χ3n) is 4.44. The van der Waals surface area contributed by atoms with Gasteiger partial charge in [0.15, 0.2) is 0 Å². The second kappa shape index (κ2) is 7.89. The van der Waals surface area contributed by atoms with Gasteiger partial charge in [0.2, 0.25) is 11.8 Å². The van der Waals surface area contributed by atoms with Crippen molar-refractivity contribution < 1.29 is 14.3 Å². The van der Waals surface area contributed by atoms with E-state index in [1.165, 1.54) is 0 Å². The molecule has 0 aliphatic carbocycles. The molecule has 0 radical (unpaired) electrons. The molecule has 138 valence electrons. The molecule has 1 fully saturated rings. The number of carbonyl (C=O) groups excluding carboxylic acids is 2. The first-order chi connectivity index (χ1) is 11.7. The molecule has 0 aromatic heterocycles. The van der Waals surface area contributed by atoms with Crippen molar-refractivity contribution in [3.8, 4) is 5.75 Å². The SMILES string of the molecule is COc1ccc(C)cc1CC(=O)N1CCN(C(=O)CC(C)(C)C)CC1. The highest BCUT2D eigenvalue weighted by atomic mass is 16.5. The Labute approximate surface area is 150 Å². The quantitative estimate of drug-likeness (QED) is 0.842. The van der Waals surface area contributed by atoms with E-state index in [0.717, 1.165) is 16.9 Å². The highest BCUT2D eigenvalue weighted by molar-refractivity contribution is 5.81. The minimum atomic E-state index is -0.00817. The van der Waals surface area contributed by atoms with Gasteiger partial charge in [-0.2, -0.15) is 0 Å². The molecule has 0 bridgehead atoms. The fourth-order valence-electron chi connectivity index (χ4n) is 3.09. The van der Waals surface area contributed by atoms with Gasteiger partial charge in [-0.1, -0.05) is 38.5 Å². The van der Waals surface area contributed by atoms with E-state index in [9.17, 15) is 9.59 Å². The summed E-state index contributed by atoms with van der Waals surface area (Å²) >= 11 is 0. The molecular formula is C20H30N2O3. The molecule has 0 unspecified atom stereocenters. The smallest absolute Gasteiger partial charge is 0.227 e. The monoisotopic (exact) mass is 346 g/mol. The summed E-state index contributed by atoms with van der Waals surface area (Å²) in [5.74, 6) is 1.02. The van der Waals surface area contributed by atoms with Gasteiger partial charge in [0.1, 0.15) is 5.75 Å². The van der Waals surface area contributed by atoms with Crippen molar-refractivity contribution in [1.29, 1.82) is 0 Å². The maximum Gasteiger partial charge on any atom is 0.227 e. The number of amides is 2. The van der Waals surface area contributed by atoms with Gasteiger partial charge in [0.25, 0.3) is 0 Å². The molecule has 1 aromatic carbocycles. The first kappa shape index (κ1) is 19.3. The normalized spacial score (nSPS) is 15.2. The summed E-state index contributed by atoms with van der Waals surface area (Å²) in [6.07, 6.45) is 0.877. The Morgan fingerprint density at radius 2 is 1.60 bits per heavy atom. The Hall–Kier alpha value is -2.04. The summed E-state index contributed by atoms with van der Waals surface area (Å²) in [5, 5.41) is 0. The van der Waals surface area contributed by atoms with Crippen LogP contribution in [0.25, 0.3) is 0 Å². The second-order valence-corrected chi connectivity index (χ2v) is 7.99. The number of carbonyl (C=O) groups is 2. The van der Waals surface area contributed by atoms with Gasteiger partial charge in [-0.15, -0.1) is 0 Å². The first-order valence-electron chi connectivity index (χ1n) is 8.88. The molecule has 1 saturated heterocycles. The maximum absolute atomic E-state index is 12.6. The van der Waals surface area contributed by atoms with Crippen LogP contribution in [-0.4, -0.2) is 54.9 Å². The number of hydrogen-bond acceptors (Lipinski definition) is 3. The lowest BCUT2D eigenvalue weighted by Crippen LogP contribution is -2.51. The maximum atomic E-state index is 12.6. The molecule has 1 aliphatic rings. The van der Waals surface area contributed by atoms with E-state index in [-0.39, 0.29) is 17.2 Å². The lowest BCUT2D eigenvalue weighted by Gasteiger charge is -2.36. The number of methoxy groups -OCH3 is 1. The van der Waals surface area contributed by atoms with Crippen LogP contribution in [0.1, 0.15) is 38.3 Å². The number of piperazine rings is 1. The zero-order valence-electron chi connectivity index (χ0n) is 16.1. The molecule has 5 nitrogen and oxygen atoms in total. The van der Waals surface area contributed by atoms with E-state index < -0.39 is 0 Å². The van der Waals surface area contributed by atoms with Crippen molar-refractivity contribution in [2.75, 3.05) is 33.3 Å². The van der Waals surface area contributed by atoms with Crippen LogP contribution in [0.2, 0.25) is 0 Å². The van der Waals surface area contributed by atoms with Crippen LogP contribution in [0.3, 0.4) is 0 Å². The Kier molecular flexibility index (Phi) is 6.09. The van der Waals surface area contributed by atoms with E-state index in [0.29, 0.717) is 39.0 Å². The average Bonchev–Trinajstić information content (AvgIpc) is 2.53. The van der Waals surface area contributed by atoms with Crippen LogP contribution >= 0.6 is 0 Å². The van der Waals surface area contributed by atoms with Crippen LogP contribution in [0.5, 0.6) is 5.75 Å².